The number of carbonyl (C=O) groups excluding carboxylic acids is 1. The maximum atomic E-state index is 12.0. The molecule has 4 heteroatoms. The van der Waals surface area contributed by atoms with E-state index in [2.05, 4.69) is 17.6 Å². The third-order valence-corrected chi connectivity index (χ3v) is 3.88. The van der Waals surface area contributed by atoms with Gasteiger partial charge in [0.25, 0.3) is 5.91 Å². The summed E-state index contributed by atoms with van der Waals surface area (Å²) in [5, 5.41) is 6.33. The van der Waals surface area contributed by atoms with Crippen molar-refractivity contribution in [2.24, 2.45) is 5.92 Å². The molecule has 0 bridgehead atoms. The number of hydrogen-bond acceptors (Lipinski definition) is 3. The Morgan fingerprint density at radius 1 is 1.38 bits per heavy atom. The molecule has 1 aromatic rings. The lowest BCUT2D eigenvalue weighted by Gasteiger charge is -2.10. The zero-order chi connectivity index (χ0) is 14.9. The maximum Gasteiger partial charge on any atom is 0.251 e. The number of rotatable bonds is 8. The monoisotopic (exact) mass is 290 g/mol. The lowest BCUT2D eigenvalue weighted by Crippen LogP contribution is -2.26. The predicted octanol–water partition coefficient (Wildman–Crippen LogP) is 2.59. The molecule has 1 aliphatic heterocycles. The fraction of sp³-hybridized carbons (Fsp3) is 0.588. The van der Waals surface area contributed by atoms with Crippen molar-refractivity contribution >= 4 is 5.91 Å². The van der Waals surface area contributed by atoms with Crippen LogP contribution in [0, 0.1) is 5.92 Å². The highest BCUT2D eigenvalue weighted by molar-refractivity contribution is 5.94. The SMILES string of the molecule is CCCCOc1ccc(C(=O)NCCC2CCNC2)cc1. The Kier molecular flexibility index (Phi) is 6.54. The first kappa shape index (κ1) is 15.8. The van der Waals surface area contributed by atoms with Gasteiger partial charge in [-0.05, 0) is 62.5 Å². The Hall–Kier alpha value is -1.55. The van der Waals surface area contributed by atoms with E-state index in [-0.39, 0.29) is 5.91 Å². The van der Waals surface area contributed by atoms with E-state index in [1.54, 1.807) is 0 Å². The molecule has 1 aromatic carbocycles. The summed E-state index contributed by atoms with van der Waals surface area (Å²) < 4.78 is 5.59. The average molecular weight is 290 g/mol. The number of ether oxygens (including phenoxy) is 1. The molecule has 1 atom stereocenters. The molecule has 1 heterocycles. The summed E-state index contributed by atoms with van der Waals surface area (Å²) in [7, 11) is 0. The summed E-state index contributed by atoms with van der Waals surface area (Å²) in [6.07, 6.45) is 4.45. The normalized spacial score (nSPS) is 17.7. The van der Waals surface area contributed by atoms with Crippen LogP contribution in [0.1, 0.15) is 43.0 Å². The van der Waals surface area contributed by atoms with Crippen LogP contribution in [-0.4, -0.2) is 32.1 Å². The highest BCUT2D eigenvalue weighted by Gasteiger charge is 2.14. The van der Waals surface area contributed by atoms with Crippen molar-refractivity contribution in [1.82, 2.24) is 10.6 Å². The molecule has 1 saturated heterocycles. The Labute approximate surface area is 127 Å². The van der Waals surface area contributed by atoms with E-state index in [9.17, 15) is 4.79 Å². The van der Waals surface area contributed by atoms with Gasteiger partial charge in [-0.1, -0.05) is 13.3 Å². The van der Waals surface area contributed by atoms with Gasteiger partial charge < -0.3 is 15.4 Å². The molecule has 0 aromatic heterocycles. The van der Waals surface area contributed by atoms with Gasteiger partial charge in [0.05, 0.1) is 6.61 Å². The van der Waals surface area contributed by atoms with E-state index >= 15 is 0 Å². The van der Waals surface area contributed by atoms with E-state index in [1.807, 2.05) is 24.3 Å². The van der Waals surface area contributed by atoms with Gasteiger partial charge in [0.1, 0.15) is 5.75 Å². The summed E-state index contributed by atoms with van der Waals surface area (Å²) in [6.45, 7) is 5.81. The summed E-state index contributed by atoms with van der Waals surface area (Å²) in [4.78, 5) is 12.0. The second kappa shape index (κ2) is 8.67. The van der Waals surface area contributed by atoms with Gasteiger partial charge in [0.15, 0.2) is 0 Å². The van der Waals surface area contributed by atoms with Crippen molar-refractivity contribution in [3.8, 4) is 5.75 Å². The summed E-state index contributed by atoms with van der Waals surface area (Å²) in [5.74, 6) is 1.54. The van der Waals surface area contributed by atoms with Crippen LogP contribution in [0.5, 0.6) is 5.75 Å². The van der Waals surface area contributed by atoms with E-state index in [0.717, 1.165) is 51.3 Å². The second-order valence-electron chi connectivity index (χ2n) is 5.63. The maximum absolute atomic E-state index is 12.0. The van der Waals surface area contributed by atoms with E-state index in [4.69, 9.17) is 4.74 Å². The molecule has 1 aliphatic rings. The van der Waals surface area contributed by atoms with Crippen LogP contribution >= 0.6 is 0 Å². The van der Waals surface area contributed by atoms with Crippen LogP contribution < -0.4 is 15.4 Å². The molecule has 0 saturated carbocycles. The molecule has 21 heavy (non-hydrogen) atoms. The number of nitrogens with one attached hydrogen (secondary N) is 2. The Morgan fingerprint density at radius 2 is 2.19 bits per heavy atom. The average Bonchev–Trinajstić information content (AvgIpc) is 3.01. The zero-order valence-electron chi connectivity index (χ0n) is 12.9. The molecule has 2 rings (SSSR count). The van der Waals surface area contributed by atoms with Gasteiger partial charge in [-0.3, -0.25) is 4.79 Å². The number of amides is 1. The van der Waals surface area contributed by atoms with E-state index < -0.39 is 0 Å². The summed E-state index contributed by atoms with van der Waals surface area (Å²) in [5.41, 5.74) is 0.697. The van der Waals surface area contributed by atoms with Crippen molar-refractivity contribution in [2.75, 3.05) is 26.2 Å². The van der Waals surface area contributed by atoms with Gasteiger partial charge in [0.2, 0.25) is 0 Å². The fourth-order valence-electron chi connectivity index (χ4n) is 2.49. The van der Waals surface area contributed by atoms with Gasteiger partial charge in [0, 0.05) is 12.1 Å². The molecule has 116 valence electrons. The topological polar surface area (TPSA) is 50.4 Å². The summed E-state index contributed by atoms with van der Waals surface area (Å²) >= 11 is 0. The third kappa shape index (κ3) is 5.38. The fourth-order valence-corrected chi connectivity index (χ4v) is 2.49. The minimum atomic E-state index is 0.000985. The number of carbonyl (C=O) groups is 1. The van der Waals surface area contributed by atoms with Crippen LogP contribution in [-0.2, 0) is 0 Å². The number of unbranched alkanes of at least 4 members (excludes halogenated alkanes) is 1. The van der Waals surface area contributed by atoms with Crippen molar-refractivity contribution in [1.29, 1.82) is 0 Å². The van der Waals surface area contributed by atoms with Crippen LogP contribution in [0.2, 0.25) is 0 Å². The van der Waals surface area contributed by atoms with Gasteiger partial charge in [-0.2, -0.15) is 0 Å². The first-order chi connectivity index (χ1) is 10.3. The predicted molar refractivity (Wildman–Crippen MR) is 84.8 cm³/mol. The minimum Gasteiger partial charge on any atom is -0.494 e. The largest absolute Gasteiger partial charge is 0.494 e. The quantitative estimate of drug-likeness (QED) is 0.724. The lowest BCUT2D eigenvalue weighted by molar-refractivity contribution is 0.0951. The van der Waals surface area contributed by atoms with Crippen molar-refractivity contribution in [2.45, 2.75) is 32.6 Å². The molecule has 0 radical (unpaired) electrons. The standard InChI is InChI=1S/C17H26N2O2/c1-2-3-12-21-16-6-4-15(5-7-16)17(20)19-11-9-14-8-10-18-13-14/h4-7,14,18H,2-3,8-13H2,1H3,(H,19,20). The molecule has 1 unspecified atom stereocenters. The Morgan fingerprint density at radius 3 is 2.86 bits per heavy atom. The van der Waals surface area contributed by atoms with E-state index in [0.29, 0.717) is 11.5 Å². The smallest absolute Gasteiger partial charge is 0.251 e. The second-order valence-corrected chi connectivity index (χ2v) is 5.63. The molecule has 1 fully saturated rings. The van der Waals surface area contributed by atoms with Crippen molar-refractivity contribution in [3.05, 3.63) is 29.8 Å². The highest BCUT2D eigenvalue weighted by Crippen LogP contribution is 2.13. The minimum absolute atomic E-state index is 0.000985. The number of hydrogen-bond donors (Lipinski definition) is 2. The van der Waals surface area contributed by atoms with Gasteiger partial charge in [-0.15, -0.1) is 0 Å². The van der Waals surface area contributed by atoms with Crippen LogP contribution in [0.25, 0.3) is 0 Å². The van der Waals surface area contributed by atoms with Crippen LogP contribution in [0.15, 0.2) is 24.3 Å². The third-order valence-electron chi connectivity index (χ3n) is 3.88. The highest BCUT2D eigenvalue weighted by atomic mass is 16.5. The lowest BCUT2D eigenvalue weighted by atomic mass is 10.1. The molecule has 2 N–H and O–H groups in total. The van der Waals surface area contributed by atoms with Crippen LogP contribution in [0.4, 0.5) is 0 Å². The van der Waals surface area contributed by atoms with Crippen molar-refractivity contribution < 1.29 is 9.53 Å². The molecule has 1 amide bonds. The van der Waals surface area contributed by atoms with E-state index in [1.165, 1.54) is 6.42 Å². The first-order valence-corrected chi connectivity index (χ1v) is 8.01. The van der Waals surface area contributed by atoms with Crippen molar-refractivity contribution in [3.63, 3.8) is 0 Å². The zero-order valence-corrected chi connectivity index (χ0v) is 12.9. The first-order valence-electron chi connectivity index (χ1n) is 8.01. The van der Waals surface area contributed by atoms with Crippen LogP contribution in [0.3, 0.4) is 0 Å². The molecule has 0 spiro atoms. The molecule has 4 nitrogen and oxygen atoms in total. The molecular formula is C17H26N2O2. The molecular weight excluding hydrogens is 264 g/mol. The van der Waals surface area contributed by atoms with Gasteiger partial charge >= 0.3 is 0 Å². The summed E-state index contributed by atoms with van der Waals surface area (Å²) in [6, 6.07) is 7.39. The molecule has 0 aliphatic carbocycles. The number of benzene rings is 1. The Balaban J connectivity index is 1.71. The Bertz CT molecular complexity index is 425. The van der Waals surface area contributed by atoms with Gasteiger partial charge in [-0.25, -0.2) is 0 Å².